The molecular weight excluding hydrogens is 254 g/mol. The van der Waals surface area contributed by atoms with E-state index in [-0.39, 0.29) is 18.1 Å². The molecule has 3 unspecified atom stereocenters. The first-order chi connectivity index (χ1) is 9.28. The summed E-state index contributed by atoms with van der Waals surface area (Å²) in [7, 11) is 0. The zero-order valence-corrected chi connectivity index (χ0v) is 13.1. The fourth-order valence-electron chi connectivity index (χ4n) is 3.39. The standard InChI is InChI=1S/C16H27NO3/c1-11-7-8-14(18)12(10-11)13-6-5-9-17(13)15(19)20-16(2,3)4/h11-13H,5-10H2,1-4H3. The lowest BCUT2D eigenvalue weighted by molar-refractivity contribution is -0.127. The van der Waals surface area contributed by atoms with Gasteiger partial charge < -0.3 is 9.64 Å². The molecule has 2 rings (SSSR count). The SMILES string of the molecule is CC1CCC(=O)C(C2CCCN2C(=O)OC(C)(C)C)C1. The number of carbonyl (C=O) groups is 2. The van der Waals surface area contributed by atoms with Crippen LogP contribution in [0.1, 0.15) is 59.8 Å². The van der Waals surface area contributed by atoms with Gasteiger partial charge in [0.2, 0.25) is 0 Å². The summed E-state index contributed by atoms with van der Waals surface area (Å²) in [5.41, 5.74) is -0.478. The van der Waals surface area contributed by atoms with Crippen LogP contribution in [0.15, 0.2) is 0 Å². The van der Waals surface area contributed by atoms with Crippen LogP contribution < -0.4 is 0 Å². The highest BCUT2D eigenvalue weighted by Crippen LogP contribution is 2.35. The summed E-state index contributed by atoms with van der Waals surface area (Å²) >= 11 is 0. The number of ether oxygens (including phenoxy) is 1. The molecule has 0 aromatic carbocycles. The lowest BCUT2D eigenvalue weighted by Gasteiger charge is -2.35. The van der Waals surface area contributed by atoms with E-state index in [2.05, 4.69) is 6.92 Å². The molecule has 1 heterocycles. The van der Waals surface area contributed by atoms with E-state index >= 15 is 0 Å². The lowest BCUT2D eigenvalue weighted by Crippen LogP contribution is -2.46. The third-order valence-corrected chi connectivity index (χ3v) is 4.35. The maximum atomic E-state index is 12.3. The van der Waals surface area contributed by atoms with E-state index in [0.29, 0.717) is 18.1 Å². The third kappa shape index (κ3) is 3.53. The Morgan fingerprint density at radius 2 is 2.00 bits per heavy atom. The number of nitrogens with zero attached hydrogens (tertiary/aromatic N) is 1. The van der Waals surface area contributed by atoms with Gasteiger partial charge in [0, 0.05) is 24.9 Å². The average molecular weight is 281 g/mol. The number of hydrogen-bond donors (Lipinski definition) is 0. The fourth-order valence-corrected chi connectivity index (χ4v) is 3.39. The first-order valence-corrected chi connectivity index (χ1v) is 7.80. The average Bonchev–Trinajstić information content (AvgIpc) is 2.79. The van der Waals surface area contributed by atoms with Crippen LogP contribution in [-0.2, 0) is 9.53 Å². The number of amides is 1. The predicted octanol–water partition coefficient (Wildman–Crippen LogP) is 3.39. The Hall–Kier alpha value is -1.06. The van der Waals surface area contributed by atoms with Crippen molar-refractivity contribution in [1.82, 2.24) is 4.90 Å². The number of hydrogen-bond acceptors (Lipinski definition) is 3. The minimum Gasteiger partial charge on any atom is -0.444 e. The van der Waals surface area contributed by atoms with E-state index < -0.39 is 5.60 Å². The molecule has 1 saturated heterocycles. The zero-order valence-electron chi connectivity index (χ0n) is 13.1. The third-order valence-electron chi connectivity index (χ3n) is 4.35. The molecule has 0 bridgehead atoms. The van der Waals surface area contributed by atoms with Gasteiger partial charge in [0.05, 0.1) is 0 Å². The molecular formula is C16H27NO3. The van der Waals surface area contributed by atoms with Crippen molar-refractivity contribution in [2.75, 3.05) is 6.54 Å². The summed E-state index contributed by atoms with van der Waals surface area (Å²) < 4.78 is 5.48. The summed E-state index contributed by atoms with van der Waals surface area (Å²) in [5, 5.41) is 0. The van der Waals surface area contributed by atoms with Gasteiger partial charge in [-0.05, 0) is 52.4 Å². The predicted molar refractivity (Wildman–Crippen MR) is 77.5 cm³/mol. The van der Waals surface area contributed by atoms with Crippen molar-refractivity contribution in [1.29, 1.82) is 0 Å². The highest BCUT2D eigenvalue weighted by atomic mass is 16.6. The first kappa shape index (κ1) is 15.3. The molecule has 0 aromatic rings. The molecule has 1 amide bonds. The Labute approximate surface area is 121 Å². The minimum absolute atomic E-state index is 0.0220. The lowest BCUT2D eigenvalue weighted by atomic mass is 9.77. The van der Waals surface area contributed by atoms with Gasteiger partial charge in [0.1, 0.15) is 11.4 Å². The Morgan fingerprint density at radius 3 is 2.65 bits per heavy atom. The van der Waals surface area contributed by atoms with E-state index in [1.807, 2.05) is 20.8 Å². The molecule has 1 saturated carbocycles. The molecule has 20 heavy (non-hydrogen) atoms. The molecule has 0 spiro atoms. The quantitative estimate of drug-likeness (QED) is 0.740. The van der Waals surface area contributed by atoms with E-state index in [9.17, 15) is 9.59 Å². The second-order valence-corrected chi connectivity index (χ2v) is 7.34. The van der Waals surface area contributed by atoms with Crippen LogP contribution >= 0.6 is 0 Å². The molecule has 4 nitrogen and oxygen atoms in total. The second kappa shape index (κ2) is 5.74. The Morgan fingerprint density at radius 1 is 1.30 bits per heavy atom. The summed E-state index contributed by atoms with van der Waals surface area (Å²) in [6, 6.07) is 0.0556. The number of rotatable bonds is 1. The highest BCUT2D eigenvalue weighted by Gasteiger charge is 2.41. The van der Waals surface area contributed by atoms with Gasteiger partial charge in [-0.2, -0.15) is 0 Å². The molecule has 114 valence electrons. The molecule has 0 N–H and O–H groups in total. The van der Waals surface area contributed by atoms with Gasteiger partial charge >= 0.3 is 6.09 Å². The van der Waals surface area contributed by atoms with Crippen molar-refractivity contribution in [3.63, 3.8) is 0 Å². The largest absolute Gasteiger partial charge is 0.444 e. The van der Waals surface area contributed by atoms with Crippen LogP contribution in [-0.4, -0.2) is 35.0 Å². The van der Waals surface area contributed by atoms with E-state index in [0.717, 1.165) is 32.2 Å². The number of ketones is 1. The molecule has 1 aliphatic heterocycles. The normalized spacial score (nSPS) is 31.5. The van der Waals surface area contributed by atoms with Crippen molar-refractivity contribution < 1.29 is 14.3 Å². The van der Waals surface area contributed by atoms with Gasteiger partial charge in [-0.1, -0.05) is 6.92 Å². The molecule has 3 atom stereocenters. The van der Waals surface area contributed by atoms with Crippen molar-refractivity contribution in [3.8, 4) is 0 Å². The van der Waals surface area contributed by atoms with Crippen LogP contribution in [0.4, 0.5) is 4.79 Å². The van der Waals surface area contributed by atoms with Crippen LogP contribution in [0.2, 0.25) is 0 Å². The molecule has 2 aliphatic rings. The molecule has 1 aliphatic carbocycles. The topological polar surface area (TPSA) is 46.6 Å². The second-order valence-electron chi connectivity index (χ2n) is 7.34. The Bertz CT molecular complexity index is 386. The molecule has 0 radical (unpaired) electrons. The zero-order chi connectivity index (χ0) is 14.9. The highest BCUT2D eigenvalue weighted by molar-refractivity contribution is 5.83. The Kier molecular flexibility index (Phi) is 4.40. The minimum atomic E-state index is -0.478. The van der Waals surface area contributed by atoms with Crippen molar-refractivity contribution >= 4 is 11.9 Å². The smallest absolute Gasteiger partial charge is 0.410 e. The molecule has 2 fully saturated rings. The van der Waals surface area contributed by atoms with Crippen LogP contribution in [0.25, 0.3) is 0 Å². The number of carbonyl (C=O) groups excluding carboxylic acids is 2. The number of Topliss-reactive ketones (excluding diaryl/α,β-unsaturated/α-hetero) is 1. The first-order valence-electron chi connectivity index (χ1n) is 7.80. The van der Waals surface area contributed by atoms with Crippen LogP contribution in [0, 0.1) is 11.8 Å². The van der Waals surface area contributed by atoms with E-state index in [1.54, 1.807) is 4.90 Å². The van der Waals surface area contributed by atoms with Crippen LogP contribution in [0.5, 0.6) is 0 Å². The van der Waals surface area contributed by atoms with Crippen LogP contribution in [0.3, 0.4) is 0 Å². The van der Waals surface area contributed by atoms with E-state index in [4.69, 9.17) is 4.74 Å². The summed E-state index contributed by atoms with van der Waals surface area (Å²) in [6.07, 6.45) is 4.23. The van der Waals surface area contributed by atoms with Gasteiger partial charge in [0.15, 0.2) is 0 Å². The molecule has 4 heteroatoms. The van der Waals surface area contributed by atoms with Gasteiger partial charge in [-0.25, -0.2) is 4.79 Å². The van der Waals surface area contributed by atoms with E-state index in [1.165, 1.54) is 0 Å². The van der Waals surface area contributed by atoms with Gasteiger partial charge in [0.25, 0.3) is 0 Å². The Balaban J connectivity index is 2.06. The van der Waals surface area contributed by atoms with Crippen molar-refractivity contribution in [2.24, 2.45) is 11.8 Å². The fraction of sp³-hybridized carbons (Fsp3) is 0.875. The maximum Gasteiger partial charge on any atom is 0.410 e. The molecule has 0 aromatic heterocycles. The monoisotopic (exact) mass is 281 g/mol. The summed E-state index contributed by atoms with van der Waals surface area (Å²) in [6.45, 7) is 8.56. The summed E-state index contributed by atoms with van der Waals surface area (Å²) in [4.78, 5) is 26.3. The number of likely N-dealkylation sites (tertiary alicyclic amines) is 1. The van der Waals surface area contributed by atoms with Gasteiger partial charge in [-0.15, -0.1) is 0 Å². The van der Waals surface area contributed by atoms with Crippen molar-refractivity contribution in [3.05, 3.63) is 0 Å². The van der Waals surface area contributed by atoms with Crippen molar-refractivity contribution in [2.45, 2.75) is 71.4 Å². The van der Waals surface area contributed by atoms with Gasteiger partial charge in [-0.3, -0.25) is 4.79 Å². The maximum absolute atomic E-state index is 12.3. The summed E-state index contributed by atoms with van der Waals surface area (Å²) in [5.74, 6) is 0.941.